The second-order valence-electron chi connectivity index (χ2n) is 3.47. The molecule has 0 nitrogen and oxygen atoms in total. The molecule has 12 heavy (non-hydrogen) atoms. The number of unbranched alkanes of at least 4 members (excludes halogenated alkanes) is 8. The van der Waals surface area contributed by atoms with Crippen molar-refractivity contribution in [3.63, 3.8) is 0 Å². The predicted octanol–water partition coefficient (Wildman–Crippen LogP) is 4.74. The molecule has 0 unspecified atom stereocenters. The molecule has 0 aliphatic heterocycles. The number of hydrogen-bond donors (Lipinski definition) is 0. The van der Waals surface area contributed by atoms with Crippen molar-refractivity contribution in [3.8, 4) is 0 Å². The summed E-state index contributed by atoms with van der Waals surface area (Å²) in [6.45, 7) is 4.55. The summed E-state index contributed by atoms with van der Waals surface area (Å²) < 4.78 is 0. The lowest BCUT2D eigenvalue weighted by Gasteiger charge is -1.98. The molecular formula is C12H25. The first-order valence-corrected chi connectivity index (χ1v) is 5.41. The lowest BCUT2D eigenvalue weighted by molar-refractivity contribution is 0.572. The summed E-state index contributed by atoms with van der Waals surface area (Å²) in [7, 11) is 0. The van der Waals surface area contributed by atoms with Crippen LogP contribution in [-0.4, -0.2) is 0 Å². The highest BCUT2D eigenvalue weighted by Crippen LogP contribution is 2.08. The minimum Gasteiger partial charge on any atom is -0.0654 e. The molecular weight excluding hydrogens is 144 g/mol. The lowest BCUT2D eigenvalue weighted by Crippen LogP contribution is -1.79. The first-order chi connectivity index (χ1) is 5.41. The molecule has 0 aromatic rings. The Morgan fingerprint density at radius 2 is 0.750 bits per heavy atom. The highest BCUT2D eigenvalue weighted by atomic mass is 13.9. The minimum absolute atomic E-state index is 0. The molecule has 0 saturated carbocycles. The fourth-order valence-electron chi connectivity index (χ4n) is 1.38. The van der Waals surface area contributed by atoms with Crippen LogP contribution >= 0.6 is 0 Å². The predicted molar refractivity (Wildman–Crippen MR) is 57.2 cm³/mol. The third kappa shape index (κ3) is 12.7. The molecule has 0 fully saturated rings. The van der Waals surface area contributed by atoms with Crippen molar-refractivity contribution < 1.29 is 0 Å². The maximum Gasteiger partial charge on any atom is -0.0312 e. The Labute approximate surface area is 79.8 Å². The molecule has 0 rings (SSSR count). The van der Waals surface area contributed by atoms with Crippen LogP contribution in [0, 0.1) is 7.43 Å². The van der Waals surface area contributed by atoms with E-state index in [1.165, 1.54) is 57.8 Å². The summed E-state index contributed by atoms with van der Waals surface area (Å²) in [5.74, 6) is 0. The zero-order valence-corrected chi connectivity index (χ0v) is 8.94. The third-order valence-electron chi connectivity index (χ3n) is 2.21. The van der Waals surface area contributed by atoms with Crippen molar-refractivity contribution in [1.29, 1.82) is 0 Å². The van der Waals surface area contributed by atoms with Crippen molar-refractivity contribution in [3.05, 3.63) is 7.43 Å². The zero-order chi connectivity index (χ0) is 8.36. The summed E-state index contributed by atoms with van der Waals surface area (Å²) in [6.07, 6.45) is 13.0. The largest absolute Gasteiger partial charge is 0.0654 e. The van der Waals surface area contributed by atoms with Gasteiger partial charge in [-0.25, -0.2) is 0 Å². The van der Waals surface area contributed by atoms with Crippen molar-refractivity contribution in [2.45, 2.75) is 71.6 Å². The number of rotatable bonds is 8. The van der Waals surface area contributed by atoms with Gasteiger partial charge in [0.15, 0.2) is 0 Å². The summed E-state index contributed by atoms with van der Waals surface area (Å²) >= 11 is 0. The molecule has 73 valence electrons. The molecule has 0 heterocycles. The monoisotopic (exact) mass is 169 g/mol. The maximum atomic E-state index is 2.27. The van der Waals surface area contributed by atoms with E-state index >= 15 is 0 Å². The van der Waals surface area contributed by atoms with Gasteiger partial charge in [0.05, 0.1) is 0 Å². The van der Waals surface area contributed by atoms with Crippen LogP contribution in [0.2, 0.25) is 0 Å². The average molecular weight is 169 g/mol. The van der Waals surface area contributed by atoms with E-state index in [0.717, 1.165) is 0 Å². The standard InChI is InChI=1S/C11H24.CH/c1-3-5-7-9-11-10-8-6-4-2;/h3-11H2,1-2H3;1H. The van der Waals surface area contributed by atoms with Gasteiger partial charge < -0.3 is 0 Å². The van der Waals surface area contributed by atoms with Gasteiger partial charge in [0.2, 0.25) is 0 Å². The van der Waals surface area contributed by atoms with Gasteiger partial charge in [-0.1, -0.05) is 71.6 Å². The van der Waals surface area contributed by atoms with E-state index in [9.17, 15) is 0 Å². The molecule has 0 aromatic heterocycles. The Kier molecular flexibility index (Phi) is 16.4. The third-order valence-corrected chi connectivity index (χ3v) is 2.21. The summed E-state index contributed by atoms with van der Waals surface area (Å²) in [5, 5.41) is 0. The second-order valence-corrected chi connectivity index (χ2v) is 3.47. The topological polar surface area (TPSA) is 0 Å². The van der Waals surface area contributed by atoms with Gasteiger partial charge in [-0.15, -0.1) is 0 Å². The van der Waals surface area contributed by atoms with Gasteiger partial charge >= 0.3 is 0 Å². The van der Waals surface area contributed by atoms with E-state index in [2.05, 4.69) is 13.8 Å². The van der Waals surface area contributed by atoms with Crippen LogP contribution in [-0.2, 0) is 0 Å². The van der Waals surface area contributed by atoms with Crippen LogP contribution < -0.4 is 0 Å². The molecule has 0 heteroatoms. The average Bonchev–Trinajstić information content (AvgIpc) is 2.03. The Balaban J connectivity index is 0. The van der Waals surface area contributed by atoms with Crippen LogP contribution in [0.25, 0.3) is 0 Å². The summed E-state index contributed by atoms with van der Waals surface area (Å²) in [4.78, 5) is 0. The quantitative estimate of drug-likeness (QED) is 0.460. The highest BCUT2D eigenvalue weighted by molar-refractivity contribution is 4.44. The summed E-state index contributed by atoms with van der Waals surface area (Å²) in [5.41, 5.74) is 0. The molecule has 0 aliphatic rings. The Hall–Kier alpha value is 0. The summed E-state index contributed by atoms with van der Waals surface area (Å²) in [6, 6.07) is 0. The van der Waals surface area contributed by atoms with Crippen molar-refractivity contribution in [2.75, 3.05) is 0 Å². The molecule has 0 bridgehead atoms. The second kappa shape index (κ2) is 13.6. The van der Waals surface area contributed by atoms with Gasteiger partial charge in [-0.3, -0.25) is 0 Å². The van der Waals surface area contributed by atoms with E-state index in [1.807, 2.05) is 0 Å². The van der Waals surface area contributed by atoms with Crippen molar-refractivity contribution >= 4 is 0 Å². The van der Waals surface area contributed by atoms with E-state index in [1.54, 1.807) is 0 Å². The Morgan fingerprint density at radius 3 is 1.00 bits per heavy atom. The van der Waals surface area contributed by atoms with Crippen LogP contribution in [0.15, 0.2) is 0 Å². The highest BCUT2D eigenvalue weighted by Gasteiger charge is 1.88. The first kappa shape index (κ1) is 14.5. The fourth-order valence-corrected chi connectivity index (χ4v) is 1.38. The molecule has 0 N–H and O–H groups in total. The minimum atomic E-state index is 0. The molecule has 0 saturated heterocycles. The maximum absolute atomic E-state index is 2.27. The number of hydrogen-bond acceptors (Lipinski definition) is 0. The molecule has 0 aromatic carbocycles. The molecule has 0 atom stereocenters. The normalized spacial score (nSPS) is 9.50. The molecule has 0 aliphatic carbocycles. The van der Waals surface area contributed by atoms with Gasteiger partial charge in [-0.05, 0) is 7.43 Å². The Bertz CT molecular complexity index is 49.1. The fraction of sp³-hybridized carbons (Fsp3) is 0.917. The van der Waals surface area contributed by atoms with E-state index < -0.39 is 0 Å². The van der Waals surface area contributed by atoms with Crippen molar-refractivity contribution in [2.24, 2.45) is 0 Å². The van der Waals surface area contributed by atoms with Gasteiger partial charge in [0.25, 0.3) is 0 Å². The van der Waals surface area contributed by atoms with E-state index in [0.29, 0.717) is 0 Å². The smallest absolute Gasteiger partial charge is 0.0312 e. The molecule has 0 spiro atoms. The van der Waals surface area contributed by atoms with Crippen LogP contribution in [0.4, 0.5) is 0 Å². The van der Waals surface area contributed by atoms with Gasteiger partial charge in [0, 0.05) is 0 Å². The SMILES string of the molecule is CCCCCCCCCCC.[CH]. The molecule has 3 radical (unpaired) electrons. The van der Waals surface area contributed by atoms with Crippen LogP contribution in [0.3, 0.4) is 0 Å². The first-order valence-electron chi connectivity index (χ1n) is 5.41. The van der Waals surface area contributed by atoms with Crippen LogP contribution in [0.1, 0.15) is 71.6 Å². The van der Waals surface area contributed by atoms with Crippen LogP contribution in [0.5, 0.6) is 0 Å². The molecule has 0 amide bonds. The van der Waals surface area contributed by atoms with E-state index in [4.69, 9.17) is 0 Å². The zero-order valence-electron chi connectivity index (χ0n) is 8.94. The van der Waals surface area contributed by atoms with Gasteiger partial charge in [0.1, 0.15) is 0 Å². The van der Waals surface area contributed by atoms with Crippen molar-refractivity contribution in [1.82, 2.24) is 0 Å². The Morgan fingerprint density at radius 1 is 0.500 bits per heavy atom. The lowest BCUT2D eigenvalue weighted by atomic mass is 10.1. The van der Waals surface area contributed by atoms with E-state index in [-0.39, 0.29) is 7.43 Å². The van der Waals surface area contributed by atoms with Gasteiger partial charge in [-0.2, -0.15) is 0 Å².